The van der Waals surface area contributed by atoms with Gasteiger partial charge in [-0.1, -0.05) is 60.7 Å². The summed E-state index contributed by atoms with van der Waals surface area (Å²) in [4.78, 5) is 28.7. The molecule has 2 aromatic carbocycles. The fourth-order valence-corrected chi connectivity index (χ4v) is 2.55. The van der Waals surface area contributed by atoms with Crippen molar-refractivity contribution in [2.45, 2.75) is 5.92 Å². The van der Waals surface area contributed by atoms with Gasteiger partial charge in [-0.05, 0) is 23.3 Å². The van der Waals surface area contributed by atoms with Crippen LogP contribution in [0.25, 0.3) is 0 Å². The maximum Gasteiger partial charge on any atom is 0.271 e. The lowest BCUT2D eigenvalue weighted by atomic mass is 9.91. The summed E-state index contributed by atoms with van der Waals surface area (Å²) >= 11 is 0. The van der Waals surface area contributed by atoms with E-state index in [0.717, 1.165) is 11.1 Å². The van der Waals surface area contributed by atoms with Crippen LogP contribution in [0.15, 0.2) is 85.2 Å². The van der Waals surface area contributed by atoms with Gasteiger partial charge in [0.05, 0.1) is 11.5 Å². The average molecular weight is 331 g/mol. The molecule has 1 aromatic heterocycles. The van der Waals surface area contributed by atoms with E-state index < -0.39 is 11.8 Å². The molecule has 3 aromatic rings. The molecule has 0 saturated carbocycles. The van der Waals surface area contributed by atoms with E-state index in [9.17, 15) is 9.59 Å². The summed E-state index contributed by atoms with van der Waals surface area (Å²) in [5.41, 5.74) is 7.02. The largest absolute Gasteiger partial charge is 0.272 e. The number of hydrogen-bond donors (Lipinski definition) is 2. The Morgan fingerprint density at radius 1 is 0.760 bits per heavy atom. The van der Waals surface area contributed by atoms with Crippen molar-refractivity contribution in [2.75, 3.05) is 0 Å². The number of nitrogens with zero attached hydrogens (tertiary/aromatic N) is 1. The number of carbonyl (C=O) groups is 2. The normalized spacial score (nSPS) is 10.3. The molecule has 0 unspecified atom stereocenters. The van der Waals surface area contributed by atoms with Crippen molar-refractivity contribution >= 4 is 11.8 Å². The molecule has 2 N–H and O–H groups in total. The monoisotopic (exact) mass is 331 g/mol. The first-order valence-corrected chi connectivity index (χ1v) is 7.86. The van der Waals surface area contributed by atoms with E-state index in [2.05, 4.69) is 15.8 Å². The fourth-order valence-electron chi connectivity index (χ4n) is 2.55. The molecule has 124 valence electrons. The van der Waals surface area contributed by atoms with Gasteiger partial charge in [0.1, 0.15) is 0 Å². The van der Waals surface area contributed by atoms with Crippen molar-refractivity contribution < 1.29 is 9.59 Å². The standard InChI is InChI=1S/C20H17N3O2/c24-19(17-12-7-13-21-14-17)22-23-20(25)18(15-8-3-1-4-9-15)16-10-5-2-6-11-16/h1-14,18H,(H,22,24)(H,23,25). The second kappa shape index (κ2) is 7.88. The Morgan fingerprint density at radius 3 is 1.88 bits per heavy atom. The summed E-state index contributed by atoms with van der Waals surface area (Å²) < 4.78 is 0. The van der Waals surface area contributed by atoms with Gasteiger partial charge < -0.3 is 0 Å². The first kappa shape index (κ1) is 16.4. The molecule has 0 aliphatic heterocycles. The average Bonchev–Trinajstić information content (AvgIpc) is 2.69. The van der Waals surface area contributed by atoms with Gasteiger partial charge in [0.15, 0.2) is 0 Å². The second-order valence-corrected chi connectivity index (χ2v) is 5.44. The molecule has 0 saturated heterocycles. The highest BCUT2D eigenvalue weighted by molar-refractivity contribution is 5.96. The molecule has 3 rings (SSSR count). The molecule has 5 nitrogen and oxygen atoms in total. The number of nitrogens with one attached hydrogen (secondary N) is 2. The summed E-state index contributed by atoms with van der Waals surface area (Å²) in [7, 11) is 0. The number of hydrazine groups is 1. The zero-order valence-electron chi connectivity index (χ0n) is 13.4. The number of aromatic nitrogens is 1. The lowest BCUT2D eigenvalue weighted by Gasteiger charge is -2.18. The number of rotatable bonds is 4. The molecule has 2 amide bonds. The van der Waals surface area contributed by atoms with Crippen LogP contribution in [0.4, 0.5) is 0 Å². The van der Waals surface area contributed by atoms with E-state index in [1.165, 1.54) is 6.20 Å². The van der Waals surface area contributed by atoms with E-state index in [1.807, 2.05) is 60.7 Å². The first-order valence-electron chi connectivity index (χ1n) is 7.86. The quantitative estimate of drug-likeness (QED) is 0.722. The van der Waals surface area contributed by atoms with Crippen LogP contribution in [-0.4, -0.2) is 16.8 Å². The van der Waals surface area contributed by atoms with Crippen LogP contribution in [0.2, 0.25) is 0 Å². The highest BCUT2D eigenvalue weighted by Gasteiger charge is 2.23. The van der Waals surface area contributed by atoms with Gasteiger partial charge in [-0.15, -0.1) is 0 Å². The second-order valence-electron chi connectivity index (χ2n) is 5.44. The topological polar surface area (TPSA) is 71.1 Å². The fraction of sp³-hybridized carbons (Fsp3) is 0.0500. The van der Waals surface area contributed by atoms with Gasteiger partial charge in [-0.2, -0.15) is 0 Å². The van der Waals surface area contributed by atoms with Gasteiger partial charge in [-0.25, -0.2) is 0 Å². The Labute approximate surface area is 145 Å². The third-order valence-corrected chi connectivity index (χ3v) is 3.75. The lowest BCUT2D eigenvalue weighted by molar-refractivity contribution is -0.122. The van der Waals surface area contributed by atoms with Crippen LogP contribution < -0.4 is 10.9 Å². The SMILES string of the molecule is O=C(NNC(=O)C(c1ccccc1)c1ccccc1)c1cccnc1. The number of pyridine rings is 1. The van der Waals surface area contributed by atoms with Crippen molar-refractivity contribution in [1.29, 1.82) is 0 Å². The molecular weight excluding hydrogens is 314 g/mol. The van der Waals surface area contributed by atoms with Crippen molar-refractivity contribution in [3.8, 4) is 0 Å². The number of amides is 2. The van der Waals surface area contributed by atoms with Gasteiger partial charge in [0.2, 0.25) is 5.91 Å². The van der Waals surface area contributed by atoms with Gasteiger partial charge in [-0.3, -0.25) is 25.4 Å². The molecule has 5 heteroatoms. The van der Waals surface area contributed by atoms with E-state index in [1.54, 1.807) is 18.3 Å². The number of hydrogen-bond acceptors (Lipinski definition) is 3. The molecule has 0 spiro atoms. The highest BCUT2D eigenvalue weighted by Crippen LogP contribution is 2.24. The van der Waals surface area contributed by atoms with Gasteiger partial charge in [0, 0.05) is 12.4 Å². The summed E-state index contributed by atoms with van der Waals surface area (Å²) in [5, 5.41) is 0. The number of carbonyl (C=O) groups excluding carboxylic acids is 2. The van der Waals surface area contributed by atoms with Crippen LogP contribution in [0, 0.1) is 0 Å². The molecule has 25 heavy (non-hydrogen) atoms. The Balaban J connectivity index is 1.77. The molecule has 0 bridgehead atoms. The van der Waals surface area contributed by atoms with Crippen LogP contribution in [0.3, 0.4) is 0 Å². The third-order valence-electron chi connectivity index (χ3n) is 3.75. The molecule has 0 aliphatic carbocycles. The molecule has 0 aliphatic rings. The lowest BCUT2D eigenvalue weighted by Crippen LogP contribution is -2.44. The zero-order valence-corrected chi connectivity index (χ0v) is 13.4. The van der Waals surface area contributed by atoms with Crippen LogP contribution >= 0.6 is 0 Å². The van der Waals surface area contributed by atoms with Crippen LogP contribution in [0.5, 0.6) is 0 Å². The summed E-state index contributed by atoms with van der Waals surface area (Å²) in [6.45, 7) is 0. The van der Waals surface area contributed by atoms with Gasteiger partial charge in [0.25, 0.3) is 5.91 Å². The Morgan fingerprint density at radius 2 is 1.36 bits per heavy atom. The Bertz CT molecular complexity index is 797. The zero-order chi connectivity index (χ0) is 17.5. The molecule has 1 heterocycles. The number of benzene rings is 2. The van der Waals surface area contributed by atoms with Crippen LogP contribution in [0.1, 0.15) is 27.4 Å². The van der Waals surface area contributed by atoms with Crippen molar-refractivity contribution in [2.24, 2.45) is 0 Å². The van der Waals surface area contributed by atoms with Gasteiger partial charge >= 0.3 is 0 Å². The molecule has 0 atom stereocenters. The minimum Gasteiger partial charge on any atom is -0.272 e. The molecule has 0 radical (unpaired) electrons. The summed E-state index contributed by atoms with van der Waals surface area (Å²) in [6, 6.07) is 22.2. The van der Waals surface area contributed by atoms with E-state index in [4.69, 9.17) is 0 Å². The maximum absolute atomic E-state index is 12.7. The molecule has 0 fully saturated rings. The van der Waals surface area contributed by atoms with E-state index >= 15 is 0 Å². The maximum atomic E-state index is 12.7. The minimum atomic E-state index is -0.517. The predicted molar refractivity (Wildman–Crippen MR) is 94.6 cm³/mol. The Hall–Kier alpha value is -3.47. The third kappa shape index (κ3) is 4.09. The highest BCUT2D eigenvalue weighted by atomic mass is 16.2. The van der Waals surface area contributed by atoms with Crippen LogP contribution in [-0.2, 0) is 4.79 Å². The first-order chi connectivity index (χ1) is 12.3. The smallest absolute Gasteiger partial charge is 0.271 e. The minimum absolute atomic E-state index is 0.311. The van der Waals surface area contributed by atoms with E-state index in [0.29, 0.717) is 5.56 Å². The van der Waals surface area contributed by atoms with Crippen molar-refractivity contribution in [3.05, 3.63) is 102 Å². The summed E-state index contributed by atoms with van der Waals surface area (Å²) in [6.07, 6.45) is 3.02. The molecular formula is C20H17N3O2. The predicted octanol–water partition coefficient (Wildman–Crippen LogP) is 2.67. The van der Waals surface area contributed by atoms with E-state index in [-0.39, 0.29) is 5.91 Å². The Kier molecular flexibility index (Phi) is 5.16. The summed E-state index contributed by atoms with van der Waals surface area (Å²) in [5.74, 6) is -1.24. The van der Waals surface area contributed by atoms with Crippen molar-refractivity contribution in [3.63, 3.8) is 0 Å². The van der Waals surface area contributed by atoms with Crippen molar-refractivity contribution in [1.82, 2.24) is 15.8 Å².